The van der Waals surface area contributed by atoms with E-state index >= 15 is 0 Å². The Morgan fingerprint density at radius 1 is 1.38 bits per heavy atom. The maximum atomic E-state index is 13.7. The summed E-state index contributed by atoms with van der Waals surface area (Å²) >= 11 is 1.37. The molecule has 3 rings (SSSR count). The average molecular weight is 322 g/mol. The molecule has 21 heavy (non-hydrogen) atoms. The molecule has 0 saturated heterocycles. The van der Waals surface area contributed by atoms with Crippen LogP contribution >= 0.6 is 11.3 Å². The zero-order valence-electron chi connectivity index (χ0n) is 11.1. The smallest absolute Gasteiger partial charge is 0.221 e. The molecular formula is C13H11FN4OS2. The first kappa shape index (κ1) is 14.0. The first-order valence-electron chi connectivity index (χ1n) is 6.05. The van der Waals surface area contributed by atoms with Crippen molar-refractivity contribution in [3.63, 3.8) is 0 Å². The normalized spacial score (nSPS) is 12.5. The first-order chi connectivity index (χ1) is 10.1. The van der Waals surface area contributed by atoms with Crippen molar-refractivity contribution in [2.24, 2.45) is 0 Å². The third-order valence-electron chi connectivity index (χ3n) is 2.83. The predicted octanol–water partition coefficient (Wildman–Crippen LogP) is 2.33. The van der Waals surface area contributed by atoms with Crippen LogP contribution in [-0.2, 0) is 17.3 Å². The van der Waals surface area contributed by atoms with Gasteiger partial charge < -0.3 is 4.57 Å². The molecule has 108 valence electrons. The predicted molar refractivity (Wildman–Crippen MR) is 79.0 cm³/mol. The lowest BCUT2D eigenvalue weighted by molar-refractivity contribution is 0.631. The van der Waals surface area contributed by atoms with Gasteiger partial charge in [-0.3, -0.25) is 4.21 Å². The molecule has 0 fully saturated rings. The summed E-state index contributed by atoms with van der Waals surface area (Å²) in [6, 6.07) is 6.53. The average Bonchev–Trinajstić information content (AvgIpc) is 3.09. The van der Waals surface area contributed by atoms with Gasteiger partial charge in [-0.05, 0) is 12.1 Å². The molecule has 0 spiro atoms. The zero-order valence-corrected chi connectivity index (χ0v) is 12.7. The number of halogens is 1. The van der Waals surface area contributed by atoms with E-state index in [1.54, 1.807) is 29.0 Å². The fourth-order valence-electron chi connectivity index (χ4n) is 1.89. The second kappa shape index (κ2) is 5.82. The topological polar surface area (TPSA) is 60.7 Å². The molecule has 0 radical (unpaired) electrons. The lowest BCUT2D eigenvalue weighted by atomic mass is 10.2. The molecule has 0 aliphatic rings. The molecule has 5 nitrogen and oxygen atoms in total. The van der Waals surface area contributed by atoms with Gasteiger partial charge in [0.15, 0.2) is 0 Å². The molecule has 0 aliphatic heterocycles. The van der Waals surface area contributed by atoms with Gasteiger partial charge in [0.2, 0.25) is 5.16 Å². The van der Waals surface area contributed by atoms with E-state index in [0.717, 1.165) is 5.69 Å². The van der Waals surface area contributed by atoms with Crippen molar-refractivity contribution in [3.05, 3.63) is 47.5 Å². The van der Waals surface area contributed by atoms with Gasteiger partial charge in [0.05, 0.1) is 23.0 Å². The maximum Gasteiger partial charge on any atom is 0.221 e. The van der Waals surface area contributed by atoms with E-state index in [2.05, 4.69) is 15.2 Å². The molecule has 2 aromatic heterocycles. The SMILES string of the molecule is CS(=O)c1nncn1Cc1csc(-c2ccccc2F)n1. The summed E-state index contributed by atoms with van der Waals surface area (Å²) in [5, 5.41) is 10.4. The highest BCUT2D eigenvalue weighted by Gasteiger charge is 2.12. The van der Waals surface area contributed by atoms with Gasteiger partial charge in [-0.15, -0.1) is 21.5 Å². The molecule has 8 heteroatoms. The summed E-state index contributed by atoms with van der Waals surface area (Å²) in [5.74, 6) is -0.293. The minimum absolute atomic E-state index is 0.293. The number of hydrogen-bond acceptors (Lipinski definition) is 5. The highest BCUT2D eigenvalue weighted by Crippen LogP contribution is 2.26. The molecule has 0 bridgehead atoms. The number of aromatic nitrogens is 4. The summed E-state index contributed by atoms with van der Waals surface area (Å²) < 4.78 is 26.9. The summed E-state index contributed by atoms with van der Waals surface area (Å²) in [5.41, 5.74) is 1.24. The molecule has 1 atom stereocenters. The van der Waals surface area contributed by atoms with Crippen LogP contribution in [0.1, 0.15) is 5.69 Å². The number of benzene rings is 1. The van der Waals surface area contributed by atoms with E-state index in [1.165, 1.54) is 23.7 Å². The molecule has 1 unspecified atom stereocenters. The Bertz CT molecular complexity index is 799. The summed E-state index contributed by atoms with van der Waals surface area (Å²) in [6.07, 6.45) is 3.06. The Morgan fingerprint density at radius 3 is 2.95 bits per heavy atom. The molecule has 0 aliphatic carbocycles. The van der Waals surface area contributed by atoms with E-state index in [9.17, 15) is 8.60 Å². The molecule has 0 N–H and O–H groups in total. The van der Waals surface area contributed by atoms with Crippen molar-refractivity contribution in [3.8, 4) is 10.6 Å². The van der Waals surface area contributed by atoms with Crippen molar-refractivity contribution in [2.45, 2.75) is 11.7 Å². The summed E-state index contributed by atoms with van der Waals surface area (Å²) in [4.78, 5) is 4.42. The Hall–Kier alpha value is -1.93. The van der Waals surface area contributed by atoms with Crippen LogP contribution in [-0.4, -0.2) is 30.2 Å². The van der Waals surface area contributed by atoms with Crippen molar-refractivity contribution >= 4 is 22.1 Å². The number of nitrogens with zero attached hydrogens (tertiary/aromatic N) is 4. The van der Waals surface area contributed by atoms with Crippen LogP contribution in [0, 0.1) is 5.82 Å². The van der Waals surface area contributed by atoms with Gasteiger partial charge in [0.25, 0.3) is 0 Å². The summed E-state index contributed by atoms with van der Waals surface area (Å²) in [7, 11) is -1.21. The van der Waals surface area contributed by atoms with Crippen molar-refractivity contribution < 1.29 is 8.60 Å². The van der Waals surface area contributed by atoms with Crippen LogP contribution in [0.3, 0.4) is 0 Å². The Kier molecular flexibility index (Phi) is 3.89. The molecule has 1 aromatic carbocycles. The fourth-order valence-corrected chi connectivity index (χ4v) is 3.33. The van der Waals surface area contributed by atoms with Crippen molar-refractivity contribution in [1.82, 2.24) is 19.7 Å². The van der Waals surface area contributed by atoms with E-state index in [0.29, 0.717) is 22.3 Å². The summed E-state index contributed by atoms with van der Waals surface area (Å²) in [6.45, 7) is 0.410. The largest absolute Gasteiger partial charge is 0.300 e. The quantitative estimate of drug-likeness (QED) is 0.739. The molecule has 2 heterocycles. The van der Waals surface area contributed by atoms with Gasteiger partial charge in [-0.1, -0.05) is 12.1 Å². The third kappa shape index (κ3) is 2.91. The molecule has 0 amide bonds. The van der Waals surface area contributed by atoms with E-state index in [1.807, 2.05) is 5.38 Å². The van der Waals surface area contributed by atoms with Gasteiger partial charge in [-0.2, -0.15) is 0 Å². The van der Waals surface area contributed by atoms with Crippen LogP contribution in [0.4, 0.5) is 4.39 Å². The number of thiazole rings is 1. The third-order valence-corrected chi connectivity index (χ3v) is 4.58. The van der Waals surface area contributed by atoms with Crippen LogP contribution in [0.2, 0.25) is 0 Å². The second-order valence-electron chi connectivity index (χ2n) is 4.32. The van der Waals surface area contributed by atoms with E-state index in [4.69, 9.17) is 0 Å². The van der Waals surface area contributed by atoms with Gasteiger partial charge >= 0.3 is 0 Å². The fraction of sp³-hybridized carbons (Fsp3) is 0.154. The zero-order chi connectivity index (χ0) is 14.8. The molecule has 0 saturated carbocycles. The number of rotatable bonds is 4. The minimum Gasteiger partial charge on any atom is -0.300 e. The van der Waals surface area contributed by atoms with Crippen molar-refractivity contribution in [2.75, 3.05) is 6.26 Å². The van der Waals surface area contributed by atoms with Gasteiger partial charge in [0, 0.05) is 17.2 Å². The molecule has 3 aromatic rings. The molecular weight excluding hydrogens is 311 g/mol. The van der Waals surface area contributed by atoms with Crippen LogP contribution in [0.25, 0.3) is 10.6 Å². The highest BCUT2D eigenvalue weighted by molar-refractivity contribution is 7.84. The highest BCUT2D eigenvalue weighted by atomic mass is 32.2. The van der Waals surface area contributed by atoms with E-state index in [-0.39, 0.29) is 5.82 Å². The van der Waals surface area contributed by atoms with E-state index < -0.39 is 10.8 Å². The number of hydrogen-bond donors (Lipinski definition) is 0. The Morgan fingerprint density at radius 2 is 2.19 bits per heavy atom. The van der Waals surface area contributed by atoms with Crippen LogP contribution in [0.5, 0.6) is 0 Å². The van der Waals surface area contributed by atoms with Gasteiger partial charge in [-0.25, -0.2) is 9.37 Å². The maximum absolute atomic E-state index is 13.7. The Labute approximate surface area is 127 Å². The van der Waals surface area contributed by atoms with Crippen molar-refractivity contribution in [1.29, 1.82) is 0 Å². The first-order valence-corrected chi connectivity index (χ1v) is 8.49. The minimum atomic E-state index is -1.21. The standard InChI is InChI=1S/C13H11FN4OS2/c1-21(19)13-17-15-8-18(13)6-9-7-20-12(16-9)10-4-2-3-5-11(10)14/h2-5,7-8H,6H2,1H3. The van der Waals surface area contributed by atoms with Gasteiger partial charge in [0.1, 0.15) is 17.2 Å². The Balaban J connectivity index is 1.88. The van der Waals surface area contributed by atoms with Crippen LogP contribution in [0.15, 0.2) is 41.1 Å². The second-order valence-corrected chi connectivity index (χ2v) is 6.45. The lowest BCUT2D eigenvalue weighted by Gasteiger charge is -2.01. The van der Waals surface area contributed by atoms with Crippen LogP contribution < -0.4 is 0 Å². The lowest BCUT2D eigenvalue weighted by Crippen LogP contribution is -2.05. The monoisotopic (exact) mass is 322 g/mol.